The molecule has 0 bridgehead atoms. The zero-order valence-corrected chi connectivity index (χ0v) is 11.7. The van der Waals surface area contributed by atoms with Crippen molar-refractivity contribution in [3.8, 4) is 0 Å². The second kappa shape index (κ2) is 4.66. The Morgan fingerprint density at radius 1 is 1.37 bits per heavy atom. The number of aryl methyl sites for hydroxylation is 2. The maximum atomic E-state index is 4.58. The molecule has 0 saturated carbocycles. The molecule has 2 heterocycles. The monoisotopic (exact) mass is 270 g/mol. The van der Waals surface area contributed by atoms with Gasteiger partial charge >= 0.3 is 0 Å². The summed E-state index contributed by atoms with van der Waals surface area (Å²) in [5, 5.41) is 10.3. The van der Waals surface area contributed by atoms with Gasteiger partial charge in [0.05, 0.1) is 5.52 Å². The van der Waals surface area contributed by atoms with E-state index in [2.05, 4.69) is 51.5 Å². The summed E-state index contributed by atoms with van der Waals surface area (Å²) in [7, 11) is 2.01. The highest BCUT2D eigenvalue weighted by Crippen LogP contribution is 2.26. The predicted octanol–water partition coefficient (Wildman–Crippen LogP) is 3.10. The minimum atomic E-state index is 0.690. The van der Waals surface area contributed by atoms with Crippen LogP contribution < -0.4 is 0 Å². The molecule has 0 aliphatic heterocycles. The Balaban J connectivity index is 2.26. The Kier molecular flexibility index (Phi) is 2.98. The summed E-state index contributed by atoms with van der Waals surface area (Å²) in [6.07, 6.45) is 1.84. The molecule has 0 atom stereocenters. The predicted molar refractivity (Wildman–Crippen MR) is 79.5 cm³/mol. The molecule has 0 aliphatic rings. The van der Waals surface area contributed by atoms with Crippen molar-refractivity contribution in [3.05, 3.63) is 36.4 Å². The van der Waals surface area contributed by atoms with Crippen LogP contribution in [-0.4, -0.2) is 25.5 Å². The zero-order valence-electron chi connectivity index (χ0n) is 10.9. The van der Waals surface area contributed by atoms with Crippen molar-refractivity contribution >= 4 is 33.8 Å². The van der Waals surface area contributed by atoms with Gasteiger partial charge in [0, 0.05) is 18.2 Å². The number of aromatic nitrogens is 4. The fourth-order valence-electron chi connectivity index (χ4n) is 2.15. The molecule has 0 N–H and O–H groups in total. The van der Waals surface area contributed by atoms with Crippen molar-refractivity contribution in [2.24, 2.45) is 7.05 Å². The summed E-state index contributed by atoms with van der Waals surface area (Å²) in [4.78, 5) is 4.58. The smallest absolute Gasteiger partial charge is 0.211 e. The van der Waals surface area contributed by atoms with Crippen LogP contribution >= 0.6 is 11.8 Å². The van der Waals surface area contributed by atoms with Crippen molar-refractivity contribution in [1.82, 2.24) is 19.7 Å². The van der Waals surface area contributed by atoms with Crippen LogP contribution in [0.4, 0.5) is 0 Å². The summed E-state index contributed by atoms with van der Waals surface area (Å²) < 4.78 is 2.07. The molecule has 1 aromatic carbocycles. The molecule has 0 unspecified atom stereocenters. The normalized spacial score (nSPS) is 11.3. The van der Waals surface area contributed by atoms with E-state index in [1.165, 1.54) is 5.56 Å². The van der Waals surface area contributed by atoms with Gasteiger partial charge in [0.2, 0.25) is 5.16 Å². The van der Waals surface area contributed by atoms with Gasteiger partial charge in [-0.1, -0.05) is 29.5 Å². The van der Waals surface area contributed by atoms with Gasteiger partial charge in [-0.2, -0.15) is 0 Å². The molecule has 3 aromatic rings. The Bertz CT molecular complexity index is 776. The van der Waals surface area contributed by atoms with Crippen molar-refractivity contribution < 1.29 is 0 Å². The Morgan fingerprint density at radius 3 is 3.00 bits per heavy atom. The third kappa shape index (κ3) is 2.00. The van der Waals surface area contributed by atoms with Crippen molar-refractivity contribution in [2.45, 2.75) is 12.1 Å². The summed E-state index contributed by atoms with van der Waals surface area (Å²) in [6.45, 7) is 5.77. The minimum Gasteiger partial charge on any atom is -0.327 e. The highest BCUT2D eigenvalue weighted by molar-refractivity contribution is 7.99. The zero-order chi connectivity index (χ0) is 13.4. The van der Waals surface area contributed by atoms with Gasteiger partial charge in [0.15, 0.2) is 5.65 Å². The van der Waals surface area contributed by atoms with Crippen LogP contribution in [0.15, 0.2) is 36.0 Å². The Labute approximate surface area is 115 Å². The lowest BCUT2D eigenvalue weighted by Gasteiger charge is -1.98. The van der Waals surface area contributed by atoms with Gasteiger partial charge in [0.1, 0.15) is 5.52 Å². The molecule has 3 rings (SSSR count). The quantitative estimate of drug-likeness (QED) is 0.542. The first-order valence-electron chi connectivity index (χ1n) is 6.04. The Hall–Kier alpha value is -1.88. The van der Waals surface area contributed by atoms with Gasteiger partial charge < -0.3 is 4.57 Å². The standard InChI is InChI=1S/C14H14N4S/c1-4-7-19-14-15-13-12(16-17-14)10-8-9(2)5-6-11(10)18(13)3/h4-6,8H,1,7H2,2-3H3. The van der Waals surface area contributed by atoms with Gasteiger partial charge in [-0.05, 0) is 19.1 Å². The van der Waals surface area contributed by atoms with E-state index >= 15 is 0 Å². The maximum Gasteiger partial charge on any atom is 0.211 e. The van der Waals surface area contributed by atoms with E-state index in [-0.39, 0.29) is 0 Å². The number of hydrogen-bond donors (Lipinski definition) is 0. The third-order valence-corrected chi connectivity index (χ3v) is 3.90. The number of rotatable bonds is 3. The van der Waals surface area contributed by atoms with E-state index in [0.29, 0.717) is 5.16 Å². The molecule has 96 valence electrons. The van der Waals surface area contributed by atoms with Crippen molar-refractivity contribution in [1.29, 1.82) is 0 Å². The van der Waals surface area contributed by atoms with Crippen LogP contribution in [-0.2, 0) is 7.05 Å². The Morgan fingerprint density at radius 2 is 2.21 bits per heavy atom. The fraction of sp³-hybridized carbons (Fsp3) is 0.214. The number of benzene rings is 1. The molecule has 0 spiro atoms. The molecular formula is C14H14N4S. The lowest BCUT2D eigenvalue weighted by molar-refractivity contribution is 0.856. The third-order valence-electron chi connectivity index (χ3n) is 3.07. The summed E-state index contributed by atoms with van der Waals surface area (Å²) >= 11 is 1.54. The van der Waals surface area contributed by atoms with Gasteiger partial charge in [-0.3, -0.25) is 0 Å². The summed E-state index contributed by atoms with van der Waals surface area (Å²) in [5.74, 6) is 0.788. The molecule has 5 heteroatoms. The molecule has 0 fully saturated rings. The van der Waals surface area contributed by atoms with Crippen LogP contribution in [0.2, 0.25) is 0 Å². The van der Waals surface area contributed by atoms with E-state index < -0.39 is 0 Å². The molecule has 0 amide bonds. The summed E-state index contributed by atoms with van der Waals surface area (Å²) in [6, 6.07) is 6.33. The average Bonchev–Trinajstić information content (AvgIpc) is 2.69. The highest BCUT2D eigenvalue weighted by Gasteiger charge is 2.12. The van der Waals surface area contributed by atoms with E-state index in [9.17, 15) is 0 Å². The molecular weight excluding hydrogens is 256 g/mol. The van der Waals surface area contributed by atoms with Crippen LogP contribution in [0.1, 0.15) is 5.56 Å². The van der Waals surface area contributed by atoms with Crippen LogP contribution in [0.25, 0.3) is 22.1 Å². The van der Waals surface area contributed by atoms with E-state index in [4.69, 9.17) is 0 Å². The van der Waals surface area contributed by atoms with Gasteiger partial charge in [0.25, 0.3) is 0 Å². The lowest BCUT2D eigenvalue weighted by atomic mass is 10.2. The van der Waals surface area contributed by atoms with Crippen LogP contribution in [0, 0.1) is 6.92 Å². The van der Waals surface area contributed by atoms with E-state index in [1.54, 1.807) is 11.8 Å². The number of thioether (sulfide) groups is 1. The average molecular weight is 270 g/mol. The fourth-order valence-corrected chi connectivity index (χ4v) is 2.67. The van der Waals surface area contributed by atoms with E-state index in [1.807, 2.05) is 13.1 Å². The van der Waals surface area contributed by atoms with E-state index in [0.717, 1.165) is 27.8 Å². The number of nitrogens with zero attached hydrogens (tertiary/aromatic N) is 4. The first-order valence-corrected chi connectivity index (χ1v) is 7.02. The van der Waals surface area contributed by atoms with Crippen LogP contribution in [0.3, 0.4) is 0 Å². The molecule has 2 aromatic heterocycles. The molecule has 4 nitrogen and oxygen atoms in total. The SMILES string of the molecule is C=CCSc1nnc2c3cc(C)ccc3n(C)c2n1. The maximum absolute atomic E-state index is 4.58. The topological polar surface area (TPSA) is 43.6 Å². The van der Waals surface area contributed by atoms with Crippen molar-refractivity contribution in [3.63, 3.8) is 0 Å². The van der Waals surface area contributed by atoms with Crippen molar-refractivity contribution in [2.75, 3.05) is 5.75 Å². The number of fused-ring (bicyclic) bond motifs is 3. The molecule has 0 saturated heterocycles. The molecule has 19 heavy (non-hydrogen) atoms. The molecule has 0 aliphatic carbocycles. The summed E-state index contributed by atoms with van der Waals surface area (Å²) in [5.41, 5.74) is 4.09. The highest BCUT2D eigenvalue weighted by atomic mass is 32.2. The minimum absolute atomic E-state index is 0.690. The first-order chi connectivity index (χ1) is 9.20. The van der Waals surface area contributed by atoms with Crippen LogP contribution in [0.5, 0.6) is 0 Å². The first kappa shape index (κ1) is 12.2. The largest absolute Gasteiger partial charge is 0.327 e. The lowest BCUT2D eigenvalue weighted by Crippen LogP contribution is -1.95. The molecule has 0 radical (unpaired) electrons. The number of hydrogen-bond acceptors (Lipinski definition) is 4. The van der Waals surface area contributed by atoms with Gasteiger partial charge in [-0.15, -0.1) is 16.8 Å². The second-order valence-electron chi connectivity index (χ2n) is 4.45. The second-order valence-corrected chi connectivity index (χ2v) is 5.43. The van der Waals surface area contributed by atoms with Gasteiger partial charge in [-0.25, -0.2) is 4.98 Å².